The number of pyridine rings is 1. The Morgan fingerprint density at radius 2 is 1.78 bits per heavy atom. The van der Waals surface area contributed by atoms with Crippen molar-refractivity contribution in [3.63, 3.8) is 0 Å². The maximum atomic E-state index is 12.7. The Morgan fingerprint density at radius 3 is 2.52 bits per heavy atom. The lowest BCUT2D eigenvalue weighted by Gasteiger charge is -2.11. The van der Waals surface area contributed by atoms with Crippen molar-refractivity contribution in [2.24, 2.45) is 0 Å². The van der Waals surface area contributed by atoms with Gasteiger partial charge in [-0.15, -0.1) is 0 Å². The van der Waals surface area contributed by atoms with Crippen LogP contribution in [0.25, 0.3) is 10.9 Å². The number of rotatable bonds is 4. The van der Waals surface area contributed by atoms with Crippen LogP contribution in [0.5, 0.6) is 0 Å². The fourth-order valence-electron chi connectivity index (χ4n) is 2.65. The second-order valence-corrected chi connectivity index (χ2v) is 7.40. The van der Waals surface area contributed by atoms with Gasteiger partial charge in [-0.2, -0.15) is 0 Å². The Kier molecular flexibility index (Phi) is 5.03. The van der Waals surface area contributed by atoms with Crippen molar-refractivity contribution in [1.82, 2.24) is 15.0 Å². The molecule has 0 radical (unpaired) electrons. The third-order valence-corrected chi connectivity index (χ3v) is 5.47. The topological polar surface area (TPSA) is 70.7 Å². The first-order valence-corrected chi connectivity index (χ1v) is 9.51. The third kappa shape index (κ3) is 3.64. The van der Waals surface area contributed by atoms with Crippen molar-refractivity contribution in [3.8, 4) is 0 Å². The van der Waals surface area contributed by atoms with E-state index in [9.17, 15) is 4.79 Å². The zero-order chi connectivity index (χ0) is 18.8. The zero-order valence-corrected chi connectivity index (χ0v) is 16.1. The molecule has 0 unspecified atom stereocenters. The Morgan fingerprint density at radius 1 is 1.00 bits per heavy atom. The number of hydrogen-bond donors (Lipinski definition) is 2. The molecule has 0 aliphatic rings. The molecule has 1 amide bonds. The number of aromatic nitrogens is 3. The molecule has 0 spiro atoms. The second-order valence-electron chi connectivity index (χ2n) is 5.56. The monoisotopic (exact) mass is 414 g/mol. The lowest BCUT2D eigenvalue weighted by atomic mass is 10.1. The Bertz CT molecular complexity index is 1110. The number of fused-ring (bicyclic) bond motifs is 1. The number of hydrogen-bond acceptors (Lipinski definition) is 4. The lowest BCUT2D eigenvalue weighted by Crippen LogP contribution is -2.13. The number of aromatic amines is 1. The number of carbonyl (C=O) groups excluding carboxylic acids is 1. The van der Waals surface area contributed by atoms with Gasteiger partial charge in [0.2, 0.25) is 0 Å². The fraction of sp³-hybridized carbons (Fsp3) is 0. The molecule has 8 heteroatoms. The van der Waals surface area contributed by atoms with E-state index in [1.54, 1.807) is 42.9 Å². The Labute approximate surface area is 169 Å². The normalized spacial score (nSPS) is 10.9. The quantitative estimate of drug-likeness (QED) is 0.451. The van der Waals surface area contributed by atoms with Crippen molar-refractivity contribution in [2.75, 3.05) is 5.32 Å². The van der Waals surface area contributed by atoms with Crippen molar-refractivity contribution >= 4 is 57.5 Å². The van der Waals surface area contributed by atoms with E-state index in [4.69, 9.17) is 23.2 Å². The van der Waals surface area contributed by atoms with Gasteiger partial charge < -0.3 is 10.3 Å². The average Bonchev–Trinajstić information content (AvgIpc) is 3.15. The molecular weight excluding hydrogens is 403 g/mol. The predicted octanol–water partition coefficient (Wildman–Crippen LogP) is 5.67. The number of halogens is 2. The van der Waals surface area contributed by atoms with E-state index >= 15 is 0 Å². The van der Waals surface area contributed by atoms with Crippen molar-refractivity contribution in [2.45, 2.75) is 10.1 Å². The molecule has 134 valence electrons. The summed E-state index contributed by atoms with van der Waals surface area (Å²) >= 11 is 13.8. The molecule has 0 saturated heterocycles. The molecule has 0 atom stereocenters. The number of carbonyl (C=O) groups is 1. The highest BCUT2D eigenvalue weighted by atomic mass is 35.5. The fourth-order valence-corrected chi connectivity index (χ4v) is 4.07. The first-order valence-electron chi connectivity index (χ1n) is 7.94. The van der Waals surface area contributed by atoms with Gasteiger partial charge in [0.15, 0.2) is 5.16 Å². The molecule has 2 N–H and O–H groups in total. The summed E-state index contributed by atoms with van der Waals surface area (Å²) in [6, 6.07) is 12.5. The van der Waals surface area contributed by atoms with Crippen LogP contribution in [0.1, 0.15) is 10.4 Å². The number of benzene rings is 2. The average molecular weight is 415 g/mol. The Hall–Kier alpha value is -2.54. The molecule has 5 nitrogen and oxygen atoms in total. The van der Waals surface area contributed by atoms with Crippen molar-refractivity contribution in [1.29, 1.82) is 0 Å². The van der Waals surface area contributed by atoms with Gasteiger partial charge in [-0.25, -0.2) is 4.98 Å². The van der Waals surface area contributed by atoms with E-state index in [0.29, 0.717) is 21.2 Å². The molecule has 2 heterocycles. The molecular formula is C19H12Cl2N4OS. The number of nitrogens with zero attached hydrogens (tertiary/aromatic N) is 2. The molecule has 0 aliphatic carbocycles. The van der Waals surface area contributed by atoms with Crippen LogP contribution < -0.4 is 5.32 Å². The van der Waals surface area contributed by atoms with Crippen LogP contribution >= 0.6 is 35.0 Å². The maximum Gasteiger partial charge on any atom is 0.258 e. The summed E-state index contributed by atoms with van der Waals surface area (Å²) < 4.78 is 0. The molecule has 27 heavy (non-hydrogen) atoms. The summed E-state index contributed by atoms with van der Waals surface area (Å²) in [6.07, 6.45) is 5.17. The summed E-state index contributed by atoms with van der Waals surface area (Å²) in [4.78, 5) is 25.4. The SMILES string of the molecule is O=C(Nc1cccc2c(Sc3ncc[nH]3)ccnc12)c1c(Cl)cccc1Cl. The number of imidazole rings is 1. The number of H-pyrrole nitrogens is 1. The smallest absolute Gasteiger partial charge is 0.258 e. The van der Waals surface area contributed by atoms with Gasteiger partial charge in [0.25, 0.3) is 5.91 Å². The third-order valence-electron chi connectivity index (χ3n) is 3.85. The van der Waals surface area contributed by atoms with Crippen LogP contribution in [-0.4, -0.2) is 20.9 Å². The molecule has 0 fully saturated rings. The van der Waals surface area contributed by atoms with Crippen LogP contribution in [0.3, 0.4) is 0 Å². The van der Waals surface area contributed by atoms with Gasteiger partial charge >= 0.3 is 0 Å². The second kappa shape index (κ2) is 7.60. The van der Waals surface area contributed by atoms with E-state index < -0.39 is 0 Å². The van der Waals surface area contributed by atoms with Crippen molar-refractivity contribution in [3.05, 3.63) is 76.7 Å². The van der Waals surface area contributed by atoms with Crippen LogP contribution in [-0.2, 0) is 0 Å². The molecule has 2 aromatic heterocycles. The largest absolute Gasteiger partial charge is 0.339 e. The molecule has 0 aliphatic heterocycles. The predicted molar refractivity (Wildman–Crippen MR) is 109 cm³/mol. The molecule has 2 aromatic carbocycles. The summed E-state index contributed by atoms with van der Waals surface area (Å²) in [5, 5.41) is 5.14. The maximum absolute atomic E-state index is 12.7. The lowest BCUT2D eigenvalue weighted by molar-refractivity contribution is 0.102. The first-order chi connectivity index (χ1) is 13.1. The van der Waals surface area contributed by atoms with Crippen LogP contribution in [0.4, 0.5) is 5.69 Å². The van der Waals surface area contributed by atoms with Gasteiger partial charge in [-0.3, -0.25) is 9.78 Å². The van der Waals surface area contributed by atoms with Gasteiger partial charge in [-0.05, 0) is 24.3 Å². The highest BCUT2D eigenvalue weighted by Gasteiger charge is 2.16. The van der Waals surface area contributed by atoms with E-state index in [1.807, 2.05) is 18.2 Å². The van der Waals surface area contributed by atoms with Crippen LogP contribution in [0.15, 0.2) is 71.1 Å². The Balaban J connectivity index is 1.71. The number of amides is 1. The van der Waals surface area contributed by atoms with E-state index in [0.717, 1.165) is 15.4 Å². The summed E-state index contributed by atoms with van der Waals surface area (Å²) in [5.74, 6) is -0.385. The number of nitrogens with one attached hydrogen (secondary N) is 2. The molecule has 4 rings (SSSR count). The molecule has 0 saturated carbocycles. The molecule has 0 bridgehead atoms. The molecule has 4 aromatic rings. The minimum Gasteiger partial charge on any atom is -0.339 e. The van der Waals surface area contributed by atoms with E-state index in [2.05, 4.69) is 20.3 Å². The van der Waals surface area contributed by atoms with Crippen molar-refractivity contribution < 1.29 is 4.79 Å². The number of anilines is 1. The zero-order valence-electron chi connectivity index (χ0n) is 13.7. The summed E-state index contributed by atoms with van der Waals surface area (Å²) in [6.45, 7) is 0. The minimum atomic E-state index is -0.385. The number of para-hydroxylation sites is 1. The van der Waals surface area contributed by atoms with Gasteiger partial charge in [0.1, 0.15) is 0 Å². The van der Waals surface area contributed by atoms with E-state index in [1.165, 1.54) is 11.8 Å². The van der Waals surface area contributed by atoms with Gasteiger partial charge in [0, 0.05) is 28.9 Å². The van der Waals surface area contributed by atoms with Gasteiger partial charge in [-0.1, -0.05) is 53.2 Å². The summed E-state index contributed by atoms with van der Waals surface area (Å²) in [5.41, 5.74) is 1.49. The standard InChI is InChI=1S/C19H12Cl2N4OS/c20-12-4-2-5-13(21)16(12)18(26)25-14-6-1-3-11-15(7-8-22-17(11)14)27-19-23-9-10-24-19/h1-10H,(H,23,24)(H,25,26). The van der Waals surface area contributed by atoms with Gasteiger partial charge in [0.05, 0.1) is 26.8 Å². The highest BCUT2D eigenvalue weighted by molar-refractivity contribution is 7.99. The first kappa shape index (κ1) is 17.9. The van der Waals surface area contributed by atoms with Crippen LogP contribution in [0, 0.1) is 0 Å². The van der Waals surface area contributed by atoms with E-state index in [-0.39, 0.29) is 11.5 Å². The minimum absolute atomic E-state index is 0.235. The highest BCUT2D eigenvalue weighted by Crippen LogP contribution is 2.34. The van der Waals surface area contributed by atoms with Crippen LogP contribution in [0.2, 0.25) is 10.0 Å². The summed E-state index contributed by atoms with van der Waals surface area (Å²) in [7, 11) is 0.